The highest BCUT2D eigenvalue weighted by Gasteiger charge is 2.16. The summed E-state index contributed by atoms with van der Waals surface area (Å²) in [7, 11) is 1.99. The maximum atomic E-state index is 12.6. The van der Waals surface area contributed by atoms with E-state index in [1.165, 1.54) is 36.1 Å². The van der Waals surface area contributed by atoms with Gasteiger partial charge >= 0.3 is 0 Å². The predicted octanol–water partition coefficient (Wildman–Crippen LogP) is 4.22. The van der Waals surface area contributed by atoms with Gasteiger partial charge in [0.15, 0.2) is 0 Å². The second-order valence-electron chi connectivity index (χ2n) is 6.73. The molecule has 1 aromatic carbocycles. The Morgan fingerprint density at radius 2 is 2.00 bits per heavy atom. The van der Waals surface area contributed by atoms with Gasteiger partial charge in [-0.1, -0.05) is 25.0 Å². The minimum atomic E-state index is 0.0174. The number of nitrogens with zero attached hydrogens (tertiary/aromatic N) is 2. The molecule has 3 aromatic rings. The molecule has 0 spiro atoms. The Kier molecular flexibility index (Phi) is 4.57. The Morgan fingerprint density at radius 1 is 1.20 bits per heavy atom. The van der Waals surface area contributed by atoms with Gasteiger partial charge in [0, 0.05) is 11.9 Å². The van der Waals surface area contributed by atoms with Crippen molar-refractivity contribution < 1.29 is 4.79 Å². The third-order valence-electron chi connectivity index (χ3n) is 5.01. The molecule has 5 heteroatoms. The quantitative estimate of drug-likeness (QED) is 0.766. The minimum absolute atomic E-state index is 0.0174. The Labute approximate surface area is 151 Å². The largest absolute Gasteiger partial charge is 0.344 e. The number of carbonyl (C=O) groups excluding carboxylic acids is 1. The van der Waals surface area contributed by atoms with E-state index in [-0.39, 0.29) is 5.91 Å². The molecule has 2 heterocycles. The highest BCUT2D eigenvalue weighted by Crippen LogP contribution is 2.28. The number of fused-ring (bicyclic) bond motifs is 2. The summed E-state index contributed by atoms with van der Waals surface area (Å²) in [6.45, 7) is 0.451. The van der Waals surface area contributed by atoms with E-state index in [4.69, 9.17) is 0 Å². The summed E-state index contributed by atoms with van der Waals surface area (Å²) in [5, 5.41) is 3.05. The predicted molar refractivity (Wildman–Crippen MR) is 102 cm³/mol. The fraction of sp³-hybridized carbons (Fsp3) is 0.400. The standard InChI is InChI=1S/C20H23N3OS/c1-23-16-10-7-6-9-15(16)22-19(23)13-21-20(24)18-12-14-8-4-2-3-5-11-17(14)25-18/h6-7,9-10,12H,2-5,8,11,13H2,1H3,(H,21,24). The number of hydrogen-bond acceptors (Lipinski definition) is 3. The molecule has 0 aliphatic heterocycles. The lowest BCUT2D eigenvalue weighted by atomic mass is 10.00. The van der Waals surface area contributed by atoms with Crippen LogP contribution in [0.2, 0.25) is 0 Å². The van der Waals surface area contributed by atoms with E-state index >= 15 is 0 Å². The fourth-order valence-corrected chi connectivity index (χ4v) is 4.73. The van der Waals surface area contributed by atoms with Crippen LogP contribution in [0.5, 0.6) is 0 Å². The molecule has 0 unspecified atom stereocenters. The van der Waals surface area contributed by atoms with Gasteiger partial charge in [0.05, 0.1) is 22.5 Å². The van der Waals surface area contributed by atoms with Crippen molar-refractivity contribution in [1.82, 2.24) is 14.9 Å². The molecular formula is C20H23N3OS. The number of nitrogens with one attached hydrogen (secondary N) is 1. The lowest BCUT2D eigenvalue weighted by Crippen LogP contribution is -2.23. The molecule has 0 saturated heterocycles. The van der Waals surface area contributed by atoms with Crippen molar-refractivity contribution >= 4 is 28.3 Å². The average Bonchev–Trinajstić information content (AvgIpc) is 3.14. The third kappa shape index (κ3) is 3.33. The van der Waals surface area contributed by atoms with Crippen LogP contribution in [-0.4, -0.2) is 15.5 Å². The monoisotopic (exact) mass is 353 g/mol. The Balaban J connectivity index is 1.48. The molecule has 2 aromatic heterocycles. The smallest absolute Gasteiger partial charge is 0.261 e. The number of hydrogen-bond donors (Lipinski definition) is 1. The zero-order valence-corrected chi connectivity index (χ0v) is 15.4. The van der Waals surface area contributed by atoms with Crippen molar-refractivity contribution in [3.8, 4) is 0 Å². The highest BCUT2D eigenvalue weighted by atomic mass is 32.1. The Morgan fingerprint density at radius 3 is 2.84 bits per heavy atom. The van der Waals surface area contributed by atoms with Crippen molar-refractivity contribution in [1.29, 1.82) is 0 Å². The van der Waals surface area contributed by atoms with Crippen molar-refractivity contribution in [2.24, 2.45) is 7.05 Å². The Bertz CT molecular complexity index is 883. The topological polar surface area (TPSA) is 46.9 Å². The van der Waals surface area contributed by atoms with E-state index in [1.807, 2.05) is 35.9 Å². The molecule has 0 bridgehead atoms. The molecule has 0 saturated carbocycles. The van der Waals surface area contributed by atoms with Crippen LogP contribution in [0.3, 0.4) is 0 Å². The molecular weight excluding hydrogens is 330 g/mol. The molecule has 1 aliphatic rings. The molecule has 0 radical (unpaired) electrons. The molecule has 0 atom stereocenters. The van der Waals surface area contributed by atoms with Crippen LogP contribution < -0.4 is 5.32 Å². The molecule has 1 N–H and O–H groups in total. The van der Waals surface area contributed by atoms with Gasteiger partial charge in [-0.15, -0.1) is 11.3 Å². The number of amides is 1. The van der Waals surface area contributed by atoms with E-state index in [1.54, 1.807) is 11.3 Å². The van der Waals surface area contributed by atoms with Gasteiger partial charge < -0.3 is 9.88 Å². The average molecular weight is 353 g/mol. The number of aromatic nitrogens is 2. The van der Waals surface area contributed by atoms with Crippen LogP contribution in [0.15, 0.2) is 30.3 Å². The first kappa shape index (κ1) is 16.3. The van der Waals surface area contributed by atoms with E-state index in [0.717, 1.165) is 34.6 Å². The van der Waals surface area contributed by atoms with E-state index in [0.29, 0.717) is 6.54 Å². The fourth-order valence-electron chi connectivity index (χ4n) is 3.56. The molecule has 130 valence electrons. The Hall–Kier alpha value is -2.14. The maximum absolute atomic E-state index is 12.6. The molecule has 0 fully saturated rings. The summed E-state index contributed by atoms with van der Waals surface area (Å²) in [5.41, 5.74) is 3.44. The van der Waals surface area contributed by atoms with Crippen molar-refractivity contribution in [2.45, 2.75) is 45.1 Å². The van der Waals surface area contributed by atoms with E-state index in [9.17, 15) is 4.79 Å². The molecule has 25 heavy (non-hydrogen) atoms. The normalized spacial score (nSPS) is 14.8. The van der Waals surface area contributed by atoms with Crippen molar-refractivity contribution in [3.63, 3.8) is 0 Å². The summed E-state index contributed by atoms with van der Waals surface area (Å²) in [6, 6.07) is 10.1. The van der Waals surface area contributed by atoms with Gasteiger partial charge in [0.25, 0.3) is 5.91 Å². The maximum Gasteiger partial charge on any atom is 0.261 e. The first-order chi connectivity index (χ1) is 12.2. The molecule has 1 aliphatic carbocycles. The highest BCUT2D eigenvalue weighted by molar-refractivity contribution is 7.14. The lowest BCUT2D eigenvalue weighted by molar-refractivity contribution is 0.0953. The van der Waals surface area contributed by atoms with Crippen LogP contribution in [-0.2, 0) is 26.4 Å². The minimum Gasteiger partial charge on any atom is -0.344 e. The number of thiophene rings is 1. The first-order valence-corrected chi connectivity index (χ1v) is 9.84. The SMILES string of the molecule is Cn1c(CNC(=O)c2cc3c(s2)CCCCCC3)nc2ccccc21. The number of carbonyl (C=O) groups is 1. The van der Waals surface area contributed by atoms with Crippen LogP contribution in [0.4, 0.5) is 0 Å². The van der Waals surface area contributed by atoms with Gasteiger partial charge in [-0.05, 0) is 49.4 Å². The molecule has 4 rings (SSSR count). The van der Waals surface area contributed by atoms with Crippen LogP contribution >= 0.6 is 11.3 Å². The first-order valence-electron chi connectivity index (χ1n) is 9.02. The van der Waals surface area contributed by atoms with Gasteiger partial charge in [-0.2, -0.15) is 0 Å². The van der Waals surface area contributed by atoms with Gasteiger partial charge in [0.2, 0.25) is 0 Å². The second kappa shape index (κ2) is 7.00. The zero-order valence-electron chi connectivity index (χ0n) is 14.5. The number of imidazole rings is 1. The van der Waals surface area contributed by atoms with Gasteiger partial charge in [0.1, 0.15) is 5.82 Å². The summed E-state index contributed by atoms with van der Waals surface area (Å²) in [6.07, 6.45) is 7.34. The number of para-hydroxylation sites is 2. The van der Waals surface area contributed by atoms with E-state index in [2.05, 4.69) is 16.4 Å². The van der Waals surface area contributed by atoms with Crippen molar-refractivity contribution in [3.05, 3.63) is 51.5 Å². The van der Waals surface area contributed by atoms with Crippen molar-refractivity contribution in [2.75, 3.05) is 0 Å². The summed E-state index contributed by atoms with van der Waals surface area (Å²) < 4.78 is 2.05. The number of rotatable bonds is 3. The zero-order chi connectivity index (χ0) is 17.2. The summed E-state index contributed by atoms with van der Waals surface area (Å²) in [4.78, 5) is 19.5. The number of benzene rings is 1. The summed E-state index contributed by atoms with van der Waals surface area (Å²) >= 11 is 1.67. The van der Waals surface area contributed by atoms with Crippen LogP contribution in [0.25, 0.3) is 11.0 Å². The second-order valence-corrected chi connectivity index (χ2v) is 7.87. The molecule has 4 nitrogen and oxygen atoms in total. The van der Waals surface area contributed by atoms with Gasteiger partial charge in [-0.25, -0.2) is 4.98 Å². The van der Waals surface area contributed by atoms with Crippen LogP contribution in [0, 0.1) is 0 Å². The lowest BCUT2D eigenvalue weighted by Gasteiger charge is -2.07. The number of aryl methyl sites for hydroxylation is 3. The van der Waals surface area contributed by atoms with Crippen LogP contribution in [0.1, 0.15) is 51.6 Å². The summed E-state index contributed by atoms with van der Waals surface area (Å²) in [5.74, 6) is 0.897. The van der Waals surface area contributed by atoms with E-state index < -0.39 is 0 Å². The third-order valence-corrected chi connectivity index (χ3v) is 6.24. The van der Waals surface area contributed by atoms with Gasteiger partial charge in [-0.3, -0.25) is 4.79 Å². The molecule has 1 amide bonds.